The molecule has 0 fully saturated rings. The molecule has 0 aliphatic heterocycles. The van der Waals surface area contributed by atoms with Crippen LogP contribution in [0.1, 0.15) is 22.5 Å². The van der Waals surface area contributed by atoms with Gasteiger partial charge in [-0.3, -0.25) is 0 Å². The second kappa shape index (κ2) is 8.39. The van der Waals surface area contributed by atoms with Crippen molar-refractivity contribution in [3.63, 3.8) is 0 Å². The number of ether oxygens (including phenoxy) is 2. The van der Waals surface area contributed by atoms with E-state index < -0.39 is 0 Å². The fourth-order valence-electron chi connectivity index (χ4n) is 3.47. The van der Waals surface area contributed by atoms with Gasteiger partial charge in [0.2, 0.25) is 0 Å². The number of aromatic nitrogens is 2. The first-order chi connectivity index (χ1) is 14.1. The predicted molar refractivity (Wildman–Crippen MR) is 117 cm³/mol. The molecule has 0 atom stereocenters. The molecule has 148 valence electrons. The van der Waals surface area contributed by atoms with Gasteiger partial charge in [0.1, 0.15) is 30.5 Å². The summed E-state index contributed by atoms with van der Waals surface area (Å²) >= 11 is 0. The molecular weight excluding hydrogens is 360 g/mol. The maximum atomic E-state index is 6.08. The van der Waals surface area contributed by atoms with Gasteiger partial charge in [0.15, 0.2) is 0 Å². The number of fused-ring (bicyclic) bond motifs is 1. The van der Waals surface area contributed by atoms with E-state index in [0.29, 0.717) is 19.8 Å². The molecule has 0 bridgehead atoms. The Bertz CT molecular complexity index is 1130. The summed E-state index contributed by atoms with van der Waals surface area (Å²) < 4.78 is 14.3. The van der Waals surface area contributed by atoms with Crippen LogP contribution in [-0.4, -0.2) is 16.2 Å². The zero-order chi connectivity index (χ0) is 20.2. The SMILES string of the molecule is Cc1cccc(OCc2nc3ccccc3n2CCOc2cccc(C)c2C)c1. The highest BCUT2D eigenvalue weighted by atomic mass is 16.5. The minimum absolute atomic E-state index is 0.418. The van der Waals surface area contributed by atoms with Crippen LogP contribution >= 0.6 is 0 Å². The van der Waals surface area contributed by atoms with Gasteiger partial charge in [-0.25, -0.2) is 4.98 Å². The summed E-state index contributed by atoms with van der Waals surface area (Å²) in [7, 11) is 0. The lowest BCUT2D eigenvalue weighted by molar-refractivity contribution is 0.271. The number of rotatable bonds is 7. The Hall–Kier alpha value is -3.27. The minimum atomic E-state index is 0.418. The first kappa shape index (κ1) is 19.1. The highest BCUT2D eigenvalue weighted by Crippen LogP contribution is 2.22. The lowest BCUT2D eigenvalue weighted by Gasteiger charge is -2.14. The largest absolute Gasteiger partial charge is 0.491 e. The van der Waals surface area contributed by atoms with Gasteiger partial charge in [0, 0.05) is 0 Å². The van der Waals surface area contributed by atoms with Gasteiger partial charge in [-0.1, -0.05) is 36.4 Å². The van der Waals surface area contributed by atoms with Crippen molar-refractivity contribution in [1.29, 1.82) is 0 Å². The number of hydrogen-bond donors (Lipinski definition) is 0. The van der Waals surface area contributed by atoms with Crippen LogP contribution in [0.2, 0.25) is 0 Å². The van der Waals surface area contributed by atoms with E-state index in [2.05, 4.69) is 43.5 Å². The van der Waals surface area contributed by atoms with Gasteiger partial charge in [0.05, 0.1) is 17.6 Å². The van der Waals surface area contributed by atoms with E-state index in [1.165, 1.54) is 16.7 Å². The van der Waals surface area contributed by atoms with Crippen LogP contribution in [0, 0.1) is 20.8 Å². The molecule has 0 aliphatic carbocycles. The molecule has 29 heavy (non-hydrogen) atoms. The molecule has 3 aromatic carbocycles. The third-order valence-corrected chi connectivity index (χ3v) is 5.22. The highest BCUT2D eigenvalue weighted by molar-refractivity contribution is 5.75. The molecule has 0 unspecified atom stereocenters. The van der Waals surface area contributed by atoms with E-state index in [4.69, 9.17) is 14.5 Å². The molecule has 0 saturated carbocycles. The fraction of sp³-hybridized carbons (Fsp3) is 0.240. The molecular formula is C25H26N2O2. The van der Waals surface area contributed by atoms with E-state index >= 15 is 0 Å². The molecule has 0 saturated heterocycles. The Balaban J connectivity index is 1.52. The summed E-state index contributed by atoms with van der Waals surface area (Å²) in [5.41, 5.74) is 5.67. The molecule has 4 rings (SSSR count). The molecule has 1 heterocycles. The van der Waals surface area contributed by atoms with Crippen LogP contribution in [0.15, 0.2) is 66.7 Å². The molecule has 4 nitrogen and oxygen atoms in total. The fourth-order valence-corrected chi connectivity index (χ4v) is 3.47. The van der Waals surface area contributed by atoms with Gasteiger partial charge in [0.25, 0.3) is 0 Å². The predicted octanol–water partition coefficient (Wildman–Crippen LogP) is 5.62. The maximum Gasteiger partial charge on any atom is 0.148 e. The quantitative estimate of drug-likeness (QED) is 0.414. The van der Waals surface area contributed by atoms with Crippen molar-refractivity contribution in [1.82, 2.24) is 9.55 Å². The molecule has 0 N–H and O–H groups in total. The van der Waals surface area contributed by atoms with E-state index in [1.807, 2.05) is 48.5 Å². The second-order valence-electron chi connectivity index (χ2n) is 7.32. The number of benzene rings is 3. The van der Waals surface area contributed by atoms with E-state index in [9.17, 15) is 0 Å². The monoisotopic (exact) mass is 386 g/mol. The summed E-state index contributed by atoms with van der Waals surface area (Å²) in [4.78, 5) is 4.79. The minimum Gasteiger partial charge on any atom is -0.491 e. The lowest BCUT2D eigenvalue weighted by atomic mass is 10.1. The smallest absolute Gasteiger partial charge is 0.148 e. The summed E-state index contributed by atoms with van der Waals surface area (Å²) in [5.74, 6) is 2.69. The number of imidazole rings is 1. The number of nitrogens with zero attached hydrogens (tertiary/aromatic N) is 2. The van der Waals surface area contributed by atoms with Crippen molar-refractivity contribution in [3.8, 4) is 11.5 Å². The molecule has 4 aromatic rings. The van der Waals surface area contributed by atoms with Gasteiger partial charge in [-0.15, -0.1) is 0 Å². The summed E-state index contributed by atoms with van der Waals surface area (Å²) in [6, 6.07) is 22.4. The van der Waals surface area contributed by atoms with Crippen molar-refractivity contribution >= 4 is 11.0 Å². The Kier molecular flexibility index (Phi) is 5.52. The van der Waals surface area contributed by atoms with Crippen molar-refractivity contribution < 1.29 is 9.47 Å². The molecule has 0 aliphatic rings. The van der Waals surface area contributed by atoms with Crippen LogP contribution < -0.4 is 9.47 Å². The van der Waals surface area contributed by atoms with Crippen molar-refractivity contribution in [2.45, 2.75) is 33.9 Å². The maximum absolute atomic E-state index is 6.08. The standard InChI is InChI=1S/C25H26N2O2/c1-18-8-6-10-21(16-18)29-17-25-26-22-11-4-5-12-23(22)27(25)14-15-28-24-13-7-9-19(2)20(24)3/h4-13,16H,14-15,17H2,1-3H3. The van der Waals surface area contributed by atoms with E-state index in [-0.39, 0.29) is 0 Å². The summed E-state index contributed by atoms with van der Waals surface area (Å²) in [6.07, 6.45) is 0. The number of para-hydroxylation sites is 2. The van der Waals surface area contributed by atoms with E-state index in [1.54, 1.807) is 0 Å². The van der Waals surface area contributed by atoms with Gasteiger partial charge in [-0.05, 0) is 67.8 Å². The van der Waals surface area contributed by atoms with Crippen LogP contribution in [-0.2, 0) is 13.2 Å². The Morgan fingerprint density at radius 1 is 0.862 bits per heavy atom. The normalized spacial score (nSPS) is 11.0. The zero-order valence-electron chi connectivity index (χ0n) is 17.2. The Morgan fingerprint density at radius 3 is 2.55 bits per heavy atom. The van der Waals surface area contributed by atoms with Crippen LogP contribution in [0.5, 0.6) is 11.5 Å². The first-order valence-corrected chi connectivity index (χ1v) is 9.94. The van der Waals surface area contributed by atoms with Crippen LogP contribution in [0.3, 0.4) is 0 Å². The Morgan fingerprint density at radius 2 is 1.69 bits per heavy atom. The molecule has 4 heteroatoms. The average molecular weight is 386 g/mol. The molecule has 1 aromatic heterocycles. The van der Waals surface area contributed by atoms with Crippen molar-refractivity contribution in [2.24, 2.45) is 0 Å². The first-order valence-electron chi connectivity index (χ1n) is 9.94. The van der Waals surface area contributed by atoms with Crippen molar-refractivity contribution in [3.05, 3.63) is 89.2 Å². The third-order valence-electron chi connectivity index (χ3n) is 5.22. The molecule has 0 amide bonds. The topological polar surface area (TPSA) is 36.3 Å². The van der Waals surface area contributed by atoms with Crippen LogP contribution in [0.4, 0.5) is 0 Å². The lowest BCUT2D eigenvalue weighted by Crippen LogP contribution is -2.13. The molecule has 0 radical (unpaired) electrons. The second-order valence-corrected chi connectivity index (χ2v) is 7.32. The van der Waals surface area contributed by atoms with Gasteiger partial charge >= 0.3 is 0 Å². The number of hydrogen-bond acceptors (Lipinski definition) is 3. The van der Waals surface area contributed by atoms with Gasteiger partial charge in [-0.2, -0.15) is 0 Å². The van der Waals surface area contributed by atoms with E-state index in [0.717, 1.165) is 28.4 Å². The highest BCUT2D eigenvalue weighted by Gasteiger charge is 2.12. The average Bonchev–Trinajstić information content (AvgIpc) is 3.07. The number of aryl methyl sites for hydroxylation is 2. The summed E-state index contributed by atoms with van der Waals surface area (Å²) in [6.45, 7) is 7.96. The Labute approximate surface area is 171 Å². The van der Waals surface area contributed by atoms with Crippen LogP contribution in [0.25, 0.3) is 11.0 Å². The van der Waals surface area contributed by atoms with Gasteiger partial charge < -0.3 is 14.0 Å². The summed E-state index contributed by atoms with van der Waals surface area (Å²) in [5, 5.41) is 0. The zero-order valence-corrected chi connectivity index (χ0v) is 17.2. The molecule has 0 spiro atoms. The third kappa shape index (κ3) is 4.27. The van der Waals surface area contributed by atoms with Crippen molar-refractivity contribution in [2.75, 3.05) is 6.61 Å².